The zero-order valence-corrected chi connectivity index (χ0v) is 9.80. The van der Waals surface area contributed by atoms with Gasteiger partial charge in [0, 0.05) is 12.6 Å². The van der Waals surface area contributed by atoms with E-state index in [0.717, 1.165) is 6.42 Å². The minimum absolute atomic E-state index is 0.0118. The third-order valence-corrected chi connectivity index (χ3v) is 3.50. The number of carbonyl (C=O) groups excluding carboxylic acids is 2. The number of nitrogens with zero attached hydrogens (tertiary/aromatic N) is 1. The van der Waals surface area contributed by atoms with Gasteiger partial charge in [0.1, 0.15) is 6.23 Å². The number of nitrogens with one attached hydrogen (secondary N) is 1. The summed E-state index contributed by atoms with van der Waals surface area (Å²) >= 11 is 0. The van der Waals surface area contributed by atoms with E-state index in [4.69, 9.17) is 0 Å². The quantitative estimate of drug-likeness (QED) is 0.739. The second-order valence-electron chi connectivity index (χ2n) is 4.72. The highest BCUT2D eigenvalue weighted by atomic mass is 16.3. The van der Waals surface area contributed by atoms with Gasteiger partial charge in [0.25, 0.3) is 11.8 Å². The second kappa shape index (κ2) is 4.19. The van der Waals surface area contributed by atoms with Crippen molar-refractivity contribution < 1.29 is 14.7 Å². The Kier molecular flexibility index (Phi) is 2.65. The van der Waals surface area contributed by atoms with Gasteiger partial charge in [-0.15, -0.1) is 0 Å². The van der Waals surface area contributed by atoms with Crippen LogP contribution in [-0.2, 0) is 0 Å². The van der Waals surface area contributed by atoms with Gasteiger partial charge >= 0.3 is 0 Å². The number of imide groups is 1. The highest BCUT2D eigenvalue weighted by molar-refractivity contribution is 6.21. The Morgan fingerprint density at radius 3 is 2.28 bits per heavy atom. The standard InChI is InChI=1S/C13H14N2O3/c16-11-6-5-8(14-11)7-15-12(17)9-3-1-2-4-10(9)13(15)18/h1-4,8,11,14,16H,5-7H2/t8-,11-/m0/s1. The van der Waals surface area contributed by atoms with Gasteiger partial charge in [-0.1, -0.05) is 12.1 Å². The molecule has 0 aromatic heterocycles. The van der Waals surface area contributed by atoms with E-state index in [1.54, 1.807) is 24.3 Å². The first-order valence-electron chi connectivity index (χ1n) is 6.06. The molecule has 1 fully saturated rings. The fourth-order valence-electron chi connectivity index (χ4n) is 2.57. The molecule has 0 saturated carbocycles. The van der Waals surface area contributed by atoms with E-state index >= 15 is 0 Å². The zero-order chi connectivity index (χ0) is 12.7. The maximum Gasteiger partial charge on any atom is 0.261 e. The molecule has 3 rings (SSSR count). The molecule has 0 aliphatic carbocycles. The van der Waals surface area contributed by atoms with Crippen molar-refractivity contribution in [3.8, 4) is 0 Å². The predicted octanol–water partition coefficient (Wildman–Crippen LogP) is 0.353. The molecule has 2 amide bonds. The lowest BCUT2D eigenvalue weighted by atomic mass is 10.1. The van der Waals surface area contributed by atoms with E-state index < -0.39 is 6.23 Å². The third kappa shape index (κ3) is 1.72. The van der Waals surface area contributed by atoms with Crippen molar-refractivity contribution in [1.82, 2.24) is 10.2 Å². The lowest BCUT2D eigenvalue weighted by Crippen LogP contribution is -2.42. The van der Waals surface area contributed by atoms with Gasteiger partial charge in [-0.05, 0) is 25.0 Å². The minimum Gasteiger partial charge on any atom is -0.379 e. The van der Waals surface area contributed by atoms with Crippen LogP contribution >= 0.6 is 0 Å². The summed E-state index contributed by atoms with van der Waals surface area (Å²) in [6.07, 6.45) is 0.910. The van der Waals surface area contributed by atoms with Gasteiger partial charge in [0.05, 0.1) is 11.1 Å². The molecular formula is C13H14N2O3. The van der Waals surface area contributed by atoms with Crippen molar-refractivity contribution in [1.29, 1.82) is 0 Å². The second-order valence-corrected chi connectivity index (χ2v) is 4.72. The van der Waals surface area contributed by atoms with Crippen LogP contribution in [0.3, 0.4) is 0 Å². The molecule has 0 bridgehead atoms. The molecule has 18 heavy (non-hydrogen) atoms. The lowest BCUT2D eigenvalue weighted by molar-refractivity contribution is 0.0632. The maximum absolute atomic E-state index is 12.1. The summed E-state index contributed by atoms with van der Waals surface area (Å²) in [5.74, 6) is -0.474. The van der Waals surface area contributed by atoms with Crippen LogP contribution in [0, 0.1) is 0 Å². The molecule has 5 heteroatoms. The SMILES string of the molecule is O=C1c2ccccc2C(=O)N1C[C@@H]1CC[C@H](O)N1. The van der Waals surface area contributed by atoms with Gasteiger partial charge in [-0.2, -0.15) is 0 Å². The molecule has 0 unspecified atom stereocenters. The molecule has 2 atom stereocenters. The summed E-state index contributed by atoms with van der Waals surface area (Å²) in [5, 5.41) is 12.3. The number of aliphatic hydroxyl groups excluding tert-OH is 1. The Balaban J connectivity index is 1.80. The van der Waals surface area contributed by atoms with E-state index in [0.29, 0.717) is 24.1 Å². The average molecular weight is 246 g/mol. The molecule has 94 valence electrons. The molecule has 1 saturated heterocycles. The number of amides is 2. The number of benzene rings is 1. The summed E-state index contributed by atoms with van der Waals surface area (Å²) in [7, 11) is 0. The van der Waals surface area contributed by atoms with E-state index in [1.165, 1.54) is 4.90 Å². The molecule has 2 heterocycles. The van der Waals surface area contributed by atoms with Crippen molar-refractivity contribution in [3.05, 3.63) is 35.4 Å². The number of fused-ring (bicyclic) bond motifs is 1. The first-order valence-corrected chi connectivity index (χ1v) is 6.06. The highest BCUT2D eigenvalue weighted by Crippen LogP contribution is 2.23. The van der Waals surface area contributed by atoms with Crippen LogP contribution in [0.5, 0.6) is 0 Å². The summed E-state index contributed by atoms with van der Waals surface area (Å²) in [6, 6.07) is 6.84. The normalized spacial score (nSPS) is 26.8. The van der Waals surface area contributed by atoms with Crippen molar-refractivity contribution in [2.75, 3.05) is 6.54 Å². The first-order chi connectivity index (χ1) is 8.66. The topological polar surface area (TPSA) is 69.6 Å². The lowest BCUT2D eigenvalue weighted by Gasteiger charge is -2.19. The predicted molar refractivity (Wildman–Crippen MR) is 64.0 cm³/mol. The van der Waals surface area contributed by atoms with Crippen LogP contribution in [0.4, 0.5) is 0 Å². The van der Waals surface area contributed by atoms with Gasteiger partial charge in [0.2, 0.25) is 0 Å². The van der Waals surface area contributed by atoms with E-state index in [1.807, 2.05) is 0 Å². The Morgan fingerprint density at radius 1 is 1.17 bits per heavy atom. The molecule has 0 radical (unpaired) electrons. The van der Waals surface area contributed by atoms with Gasteiger partial charge in [-0.25, -0.2) is 0 Å². The maximum atomic E-state index is 12.1. The summed E-state index contributed by atoms with van der Waals surface area (Å²) in [6.45, 7) is 0.323. The molecular weight excluding hydrogens is 232 g/mol. The average Bonchev–Trinajstić information content (AvgIpc) is 2.88. The minimum atomic E-state index is -0.523. The Morgan fingerprint density at radius 2 is 1.78 bits per heavy atom. The molecule has 2 N–H and O–H groups in total. The van der Waals surface area contributed by atoms with Crippen molar-refractivity contribution in [3.63, 3.8) is 0 Å². The summed E-state index contributed by atoms with van der Waals surface area (Å²) < 4.78 is 0. The highest BCUT2D eigenvalue weighted by Gasteiger charge is 2.37. The summed E-state index contributed by atoms with van der Waals surface area (Å²) in [5.41, 5.74) is 0.946. The van der Waals surface area contributed by atoms with Gasteiger partial charge < -0.3 is 5.11 Å². The zero-order valence-electron chi connectivity index (χ0n) is 9.80. The monoisotopic (exact) mass is 246 g/mol. The summed E-state index contributed by atoms with van der Waals surface area (Å²) in [4.78, 5) is 25.4. The fraction of sp³-hybridized carbons (Fsp3) is 0.385. The molecule has 2 aliphatic heterocycles. The largest absolute Gasteiger partial charge is 0.379 e. The van der Waals surface area contributed by atoms with Crippen LogP contribution in [0.2, 0.25) is 0 Å². The van der Waals surface area contributed by atoms with E-state index in [-0.39, 0.29) is 17.9 Å². The first kappa shape index (κ1) is 11.4. The number of hydrogen-bond donors (Lipinski definition) is 2. The Labute approximate surface area is 104 Å². The molecule has 0 spiro atoms. The number of hydrogen-bond acceptors (Lipinski definition) is 4. The number of rotatable bonds is 2. The molecule has 1 aromatic carbocycles. The number of carbonyl (C=O) groups is 2. The fourth-order valence-corrected chi connectivity index (χ4v) is 2.57. The van der Waals surface area contributed by atoms with Crippen LogP contribution in [0.1, 0.15) is 33.6 Å². The number of aliphatic hydroxyl groups is 1. The Bertz CT molecular complexity index is 480. The third-order valence-electron chi connectivity index (χ3n) is 3.50. The van der Waals surface area contributed by atoms with Gasteiger partial charge in [0.15, 0.2) is 0 Å². The van der Waals surface area contributed by atoms with Crippen LogP contribution in [0.25, 0.3) is 0 Å². The van der Waals surface area contributed by atoms with E-state index in [9.17, 15) is 14.7 Å². The molecule has 1 aromatic rings. The van der Waals surface area contributed by atoms with E-state index in [2.05, 4.69) is 5.32 Å². The van der Waals surface area contributed by atoms with Crippen molar-refractivity contribution in [2.45, 2.75) is 25.1 Å². The van der Waals surface area contributed by atoms with Crippen molar-refractivity contribution >= 4 is 11.8 Å². The molecule has 5 nitrogen and oxygen atoms in total. The van der Waals surface area contributed by atoms with Crippen molar-refractivity contribution in [2.24, 2.45) is 0 Å². The van der Waals surface area contributed by atoms with Crippen LogP contribution < -0.4 is 5.32 Å². The molecule has 2 aliphatic rings. The smallest absolute Gasteiger partial charge is 0.261 e. The van der Waals surface area contributed by atoms with Crippen LogP contribution in [0.15, 0.2) is 24.3 Å². The van der Waals surface area contributed by atoms with Crippen LogP contribution in [-0.4, -0.2) is 40.6 Å². The Hall–Kier alpha value is -1.72. The van der Waals surface area contributed by atoms with Gasteiger partial charge in [-0.3, -0.25) is 19.8 Å².